The van der Waals surface area contributed by atoms with Gasteiger partial charge in [0.25, 0.3) is 5.91 Å². The summed E-state index contributed by atoms with van der Waals surface area (Å²) in [5.41, 5.74) is 1.11. The molecule has 1 heterocycles. The van der Waals surface area contributed by atoms with Gasteiger partial charge in [0.1, 0.15) is 0 Å². The van der Waals surface area contributed by atoms with Gasteiger partial charge in [-0.2, -0.15) is 0 Å². The third kappa shape index (κ3) is 6.72. The third-order valence-electron chi connectivity index (χ3n) is 4.38. The minimum atomic E-state index is -1.59. The van der Waals surface area contributed by atoms with Crippen molar-refractivity contribution in [2.45, 2.75) is 18.4 Å². The average Bonchev–Trinajstić information content (AvgIpc) is 2.77. The van der Waals surface area contributed by atoms with Crippen molar-refractivity contribution in [3.8, 4) is 0 Å². The minimum absolute atomic E-state index is 0.185. The Kier molecular flexibility index (Phi) is 8.55. The lowest BCUT2D eigenvalue weighted by atomic mass is 10.2. The van der Waals surface area contributed by atoms with Crippen LogP contribution in [0.1, 0.15) is 22.8 Å². The van der Waals surface area contributed by atoms with Crippen LogP contribution in [0.3, 0.4) is 0 Å². The van der Waals surface area contributed by atoms with E-state index in [0.29, 0.717) is 28.9 Å². The van der Waals surface area contributed by atoms with Crippen molar-refractivity contribution >= 4 is 35.0 Å². The van der Waals surface area contributed by atoms with Crippen LogP contribution in [-0.2, 0) is 11.3 Å². The number of thioether (sulfide) groups is 1. The van der Waals surface area contributed by atoms with Gasteiger partial charge in [-0.15, -0.1) is 11.8 Å². The number of hydrogen-bond acceptors (Lipinski definition) is 4. The molecule has 3 aromatic rings. The molecule has 4 nitrogen and oxygen atoms in total. The van der Waals surface area contributed by atoms with Gasteiger partial charge in [-0.3, -0.25) is 9.78 Å². The fraction of sp³-hybridized carbons (Fsp3) is 0.217. The molecule has 0 aliphatic carbocycles. The van der Waals surface area contributed by atoms with E-state index < -0.39 is 23.4 Å². The zero-order valence-corrected chi connectivity index (χ0v) is 18.7. The number of anilines is 1. The number of pyridine rings is 1. The van der Waals surface area contributed by atoms with Crippen LogP contribution in [0.25, 0.3) is 0 Å². The maximum Gasteiger partial charge on any atom is 0.255 e. The summed E-state index contributed by atoms with van der Waals surface area (Å²) in [7, 11) is 0. The Balaban J connectivity index is 1.56. The summed E-state index contributed by atoms with van der Waals surface area (Å²) in [5.74, 6) is -4.02. The van der Waals surface area contributed by atoms with Gasteiger partial charge >= 0.3 is 0 Å². The van der Waals surface area contributed by atoms with Crippen LogP contribution in [0.4, 0.5) is 18.9 Å². The van der Waals surface area contributed by atoms with E-state index in [9.17, 15) is 18.0 Å². The van der Waals surface area contributed by atoms with Crippen LogP contribution in [0.2, 0.25) is 5.02 Å². The van der Waals surface area contributed by atoms with Gasteiger partial charge in [-0.25, -0.2) is 13.2 Å². The Bertz CT molecular complexity index is 1060. The van der Waals surface area contributed by atoms with Crippen LogP contribution in [0.5, 0.6) is 0 Å². The number of ether oxygens (including phenoxy) is 1. The van der Waals surface area contributed by atoms with Crippen LogP contribution in [-0.4, -0.2) is 23.3 Å². The smallest absolute Gasteiger partial charge is 0.255 e. The second-order valence-corrected chi connectivity index (χ2v) is 8.61. The van der Waals surface area contributed by atoms with E-state index in [1.807, 2.05) is 19.1 Å². The van der Waals surface area contributed by atoms with Crippen LogP contribution >= 0.6 is 23.4 Å². The van der Waals surface area contributed by atoms with Crippen molar-refractivity contribution in [3.63, 3.8) is 0 Å². The minimum Gasteiger partial charge on any atom is -0.376 e. The van der Waals surface area contributed by atoms with Crippen LogP contribution < -0.4 is 5.32 Å². The number of nitrogens with one attached hydrogen (secondary N) is 1. The lowest BCUT2D eigenvalue weighted by molar-refractivity contribution is 0.0982. The lowest BCUT2D eigenvalue weighted by Crippen LogP contribution is -2.13. The molecule has 0 bridgehead atoms. The second-order valence-electron chi connectivity index (χ2n) is 7.14. The van der Waals surface area contributed by atoms with Crippen molar-refractivity contribution in [2.75, 3.05) is 17.7 Å². The predicted octanol–water partition coefficient (Wildman–Crippen LogP) is 6.35. The topological polar surface area (TPSA) is 51.2 Å². The highest BCUT2D eigenvalue weighted by Crippen LogP contribution is 2.30. The summed E-state index contributed by atoms with van der Waals surface area (Å²) in [6.45, 7) is 3.09. The Hall–Kier alpha value is -2.55. The van der Waals surface area contributed by atoms with Crippen molar-refractivity contribution in [1.82, 2.24) is 4.98 Å². The van der Waals surface area contributed by atoms with Gasteiger partial charge < -0.3 is 10.1 Å². The quantitative estimate of drug-likeness (QED) is 0.286. The number of benzene rings is 2. The third-order valence-corrected chi connectivity index (χ3v) is 6.20. The number of carbonyl (C=O) groups is 1. The van der Waals surface area contributed by atoms with E-state index in [4.69, 9.17) is 16.3 Å². The molecule has 0 radical (unpaired) electrons. The predicted molar refractivity (Wildman–Crippen MR) is 120 cm³/mol. The van der Waals surface area contributed by atoms with Crippen LogP contribution in [0.15, 0.2) is 59.8 Å². The number of halogens is 4. The number of amides is 1. The van der Waals surface area contributed by atoms with E-state index in [1.165, 1.54) is 17.8 Å². The molecule has 1 atom stereocenters. The number of aromatic nitrogens is 1. The molecule has 0 saturated heterocycles. The molecule has 1 N–H and O–H groups in total. The fourth-order valence-corrected chi connectivity index (χ4v) is 3.98. The Morgan fingerprint density at radius 1 is 1.12 bits per heavy atom. The molecular weight excluding hydrogens is 461 g/mol. The largest absolute Gasteiger partial charge is 0.376 e. The van der Waals surface area contributed by atoms with E-state index >= 15 is 0 Å². The number of hydrogen-bond donors (Lipinski definition) is 1. The molecule has 3 rings (SSSR count). The number of carbonyl (C=O) groups excluding carboxylic acids is 1. The maximum atomic E-state index is 13.4. The van der Waals surface area contributed by atoms with Gasteiger partial charge in [-0.05, 0) is 41.8 Å². The first-order valence-corrected chi connectivity index (χ1v) is 11.0. The highest BCUT2D eigenvalue weighted by atomic mass is 35.5. The van der Waals surface area contributed by atoms with Crippen molar-refractivity contribution in [3.05, 3.63) is 88.5 Å². The van der Waals surface area contributed by atoms with Crippen molar-refractivity contribution in [2.24, 2.45) is 5.92 Å². The molecule has 1 aromatic heterocycles. The molecule has 0 fully saturated rings. The van der Waals surface area contributed by atoms with Crippen molar-refractivity contribution < 1.29 is 22.7 Å². The van der Waals surface area contributed by atoms with Gasteiger partial charge in [0.2, 0.25) is 0 Å². The van der Waals surface area contributed by atoms with Crippen LogP contribution in [0, 0.1) is 23.4 Å². The van der Waals surface area contributed by atoms with Gasteiger partial charge in [-0.1, -0.05) is 18.5 Å². The number of rotatable bonds is 9. The zero-order valence-electron chi connectivity index (χ0n) is 17.1. The van der Waals surface area contributed by atoms with E-state index in [2.05, 4.69) is 10.3 Å². The molecule has 0 aliphatic heterocycles. The van der Waals surface area contributed by atoms with E-state index in [-0.39, 0.29) is 17.2 Å². The van der Waals surface area contributed by atoms with E-state index in [0.717, 1.165) is 17.7 Å². The summed E-state index contributed by atoms with van der Waals surface area (Å²) < 4.78 is 45.6. The molecular formula is C23H20ClF3N2O2S. The molecule has 1 unspecified atom stereocenters. The van der Waals surface area contributed by atoms with Gasteiger partial charge in [0, 0.05) is 46.4 Å². The standard InChI is InChI=1S/C23H20ClF3N2O2S/c1-14(11-31-12-15-4-6-28-7-5-15)13-32-21-8-16(2-3-18(21)24)23(30)29-17-9-19(25)22(27)20(26)10-17/h2-10,14H,11-13H2,1H3,(H,29,30). The summed E-state index contributed by atoms with van der Waals surface area (Å²) in [5, 5.41) is 2.84. The first-order valence-electron chi connectivity index (χ1n) is 9.68. The first-order chi connectivity index (χ1) is 15.3. The fourth-order valence-electron chi connectivity index (χ4n) is 2.72. The highest BCUT2D eigenvalue weighted by Gasteiger charge is 2.15. The molecule has 168 valence electrons. The summed E-state index contributed by atoms with van der Waals surface area (Å²) >= 11 is 7.73. The molecule has 32 heavy (non-hydrogen) atoms. The molecule has 1 amide bonds. The molecule has 0 saturated carbocycles. The highest BCUT2D eigenvalue weighted by molar-refractivity contribution is 7.99. The Labute approximate surface area is 193 Å². The maximum absolute atomic E-state index is 13.4. The summed E-state index contributed by atoms with van der Waals surface area (Å²) in [6.07, 6.45) is 3.43. The Morgan fingerprint density at radius 3 is 2.50 bits per heavy atom. The average molecular weight is 481 g/mol. The molecule has 2 aromatic carbocycles. The molecule has 9 heteroatoms. The normalized spacial score (nSPS) is 11.9. The first kappa shape index (κ1) is 24.1. The number of nitrogens with zero attached hydrogens (tertiary/aromatic N) is 1. The van der Waals surface area contributed by atoms with Crippen molar-refractivity contribution in [1.29, 1.82) is 0 Å². The van der Waals surface area contributed by atoms with Gasteiger partial charge in [0.15, 0.2) is 17.5 Å². The summed E-state index contributed by atoms with van der Waals surface area (Å²) in [6, 6.07) is 9.90. The monoisotopic (exact) mass is 480 g/mol. The SMILES string of the molecule is CC(COCc1ccncc1)CSc1cc(C(=O)Nc2cc(F)c(F)c(F)c2)ccc1Cl. The molecule has 0 aliphatic rings. The second kappa shape index (κ2) is 11.4. The zero-order chi connectivity index (χ0) is 23.1. The van der Waals surface area contributed by atoms with E-state index in [1.54, 1.807) is 24.5 Å². The molecule has 0 spiro atoms. The lowest BCUT2D eigenvalue weighted by Gasteiger charge is -2.13. The Morgan fingerprint density at radius 2 is 1.81 bits per heavy atom. The van der Waals surface area contributed by atoms with Gasteiger partial charge in [0.05, 0.1) is 18.2 Å². The summed E-state index contributed by atoms with van der Waals surface area (Å²) in [4.78, 5) is 17.1.